The van der Waals surface area contributed by atoms with E-state index in [1.165, 1.54) is 6.42 Å². The Kier molecular flexibility index (Phi) is 20.6. The Morgan fingerprint density at radius 1 is 0.517 bits per heavy atom. The molecule has 0 aromatic rings. The maximum atomic E-state index is 5.79. The highest BCUT2D eigenvalue weighted by Crippen LogP contribution is 1.97. The van der Waals surface area contributed by atoms with Crippen LogP contribution in [0.25, 0.3) is 0 Å². The van der Waals surface area contributed by atoms with Crippen molar-refractivity contribution in [3.63, 3.8) is 0 Å². The van der Waals surface area contributed by atoms with E-state index in [4.69, 9.17) is 22.9 Å². The summed E-state index contributed by atoms with van der Waals surface area (Å²) in [6, 6.07) is 0. The molecule has 0 aliphatic rings. The predicted octanol–water partition coefficient (Wildman–Crippen LogP) is -2.34. The SMILES string of the molecule is CCCN(CCN)CCN(CCN(C)CCNCCN)CCN(CCN)CCN. The molecule has 0 saturated carbocycles. The van der Waals surface area contributed by atoms with Crippen molar-refractivity contribution < 1.29 is 0 Å². The second-order valence-corrected chi connectivity index (χ2v) is 7.73. The van der Waals surface area contributed by atoms with Gasteiger partial charge in [0.2, 0.25) is 0 Å². The monoisotopic (exact) mass is 417 g/mol. The van der Waals surface area contributed by atoms with E-state index >= 15 is 0 Å². The van der Waals surface area contributed by atoms with Crippen molar-refractivity contribution in [2.24, 2.45) is 22.9 Å². The van der Waals surface area contributed by atoms with Crippen molar-refractivity contribution in [2.75, 3.05) is 118 Å². The highest BCUT2D eigenvalue weighted by Gasteiger charge is 2.12. The summed E-state index contributed by atoms with van der Waals surface area (Å²) in [5.74, 6) is 0. The minimum Gasteiger partial charge on any atom is -0.329 e. The maximum absolute atomic E-state index is 5.79. The number of nitrogens with zero attached hydrogens (tertiary/aromatic N) is 4. The first-order chi connectivity index (χ1) is 14.1. The summed E-state index contributed by atoms with van der Waals surface area (Å²) in [6.45, 7) is 18.1. The Labute approximate surface area is 180 Å². The lowest BCUT2D eigenvalue weighted by Crippen LogP contribution is -2.45. The molecule has 0 rings (SSSR count). The summed E-state index contributed by atoms with van der Waals surface area (Å²) in [5.41, 5.74) is 22.8. The van der Waals surface area contributed by atoms with Crippen LogP contribution in [-0.4, -0.2) is 138 Å². The lowest BCUT2D eigenvalue weighted by atomic mass is 10.3. The molecular formula is C20H51N9. The summed E-state index contributed by atoms with van der Waals surface area (Å²) < 4.78 is 0. The van der Waals surface area contributed by atoms with E-state index < -0.39 is 0 Å². The molecule has 0 heterocycles. The molecule has 9 nitrogen and oxygen atoms in total. The largest absolute Gasteiger partial charge is 0.329 e. The van der Waals surface area contributed by atoms with Gasteiger partial charge in [-0.1, -0.05) is 6.92 Å². The van der Waals surface area contributed by atoms with Gasteiger partial charge in [0.05, 0.1) is 0 Å². The average molecular weight is 418 g/mol. The summed E-state index contributed by atoms with van der Waals surface area (Å²) >= 11 is 0. The number of likely N-dealkylation sites (N-methyl/N-ethyl adjacent to an activating group) is 1. The van der Waals surface area contributed by atoms with E-state index in [0.29, 0.717) is 19.6 Å². The van der Waals surface area contributed by atoms with E-state index in [1.54, 1.807) is 0 Å². The summed E-state index contributed by atoms with van der Waals surface area (Å²) in [6.07, 6.45) is 1.17. The van der Waals surface area contributed by atoms with Gasteiger partial charge in [-0.2, -0.15) is 0 Å². The highest BCUT2D eigenvalue weighted by molar-refractivity contribution is 4.69. The van der Waals surface area contributed by atoms with Gasteiger partial charge in [0.25, 0.3) is 0 Å². The molecule has 9 N–H and O–H groups in total. The smallest absolute Gasteiger partial charge is 0.0110 e. The molecule has 0 amide bonds. The fourth-order valence-corrected chi connectivity index (χ4v) is 3.36. The molecule has 0 aromatic heterocycles. The zero-order valence-electron chi connectivity index (χ0n) is 19.3. The van der Waals surface area contributed by atoms with Crippen LogP contribution in [0.1, 0.15) is 13.3 Å². The van der Waals surface area contributed by atoms with Crippen molar-refractivity contribution in [2.45, 2.75) is 13.3 Å². The van der Waals surface area contributed by atoms with E-state index in [1.807, 2.05) is 0 Å². The van der Waals surface area contributed by atoms with Crippen LogP contribution < -0.4 is 28.3 Å². The minimum atomic E-state index is 0.680. The minimum absolute atomic E-state index is 0.680. The molecule has 0 spiro atoms. The molecule has 0 fully saturated rings. The first-order valence-electron chi connectivity index (χ1n) is 11.5. The van der Waals surface area contributed by atoms with Gasteiger partial charge in [0.15, 0.2) is 0 Å². The topological polar surface area (TPSA) is 129 Å². The fraction of sp³-hybridized carbons (Fsp3) is 1.00. The third-order valence-corrected chi connectivity index (χ3v) is 5.13. The van der Waals surface area contributed by atoms with Crippen molar-refractivity contribution in [3.05, 3.63) is 0 Å². The number of nitrogens with one attached hydrogen (secondary N) is 1. The Balaban J connectivity index is 4.55. The molecule has 0 aliphatic heterocycles. The van der Waals surface area contributed by atoms with Crippen molar-refractivity contribution in [3.8, 4) is 0 Å². The van der Waals surface area contributed by atoms with E-state index in [2.05, 4.69) is 38.9 Å². The van der Waals surface area contributed by atoms with Gasteiger partial charge in [-0.05, 0) is 20.0 Å². The first kappa shape index (κ1) is 28.6. The molecule has 0 atom stereocenters. The molecule has 0 bridgehead atoms. The van der Waals surface area contributed by atoms with Gasteiger partial charge in [-0.25, -0.2) is 0 Å². The van der Waals surface area contributed by atoms with E-state index in [-0.39, 0.29) is 0 Å². The normalized spacial score (nSPS) is 12.2. The summed E-state index contributed by atoms with van der Waals surface area (Å²) in [4.78, 5) is 9.81. The molecular weight excluding hydrogens is 366 g/mol. The molecule has 176 valence electrons. The number of rotatable bonds is 22. The summed E-state index contributed by atoms with van der Waals surface area (Å²) in [7, 11) is 2.19. The molecule has 0 aromatic carbocycles. The van der Waals surface area contributed by atoms with Crippen LogP contribution >= 0.6 is 0 Å². The Morgan fingerprint density at radius 3 is 1.41 bits per heavy atom. The number of hydrogen-bond donors (Lipinski definition) is 5. The van der Waals surface area contributed by atoms with Crippen LogP contribution in [0.3, 0.4) is 0 Å². The van der Waals surface area contributed by atoms with Crippen LogP contribution in [0.4, 0.5) is 0 Å². The van der Waals surface area contributed by atoms with Gasteiger partial charge in [0, 0.05) is 105 Å². The number of nitrogens with two attached hydrogens (primary N) is 4. The van der Waals surface area contributed by atoms with Crippen LogP contribution in [0.5, 0.6) is 0 Å². The third kappa shape index (κ3) is 17.1. The zero-order valence-corrected chi connectivity index (χ0v) is 19.3. The lowest BCUT2D eigenvalue weighted by Gasteiger charge is -2.31. The van der Waals surface area contributed by atoms with Gasteiger partial charge in [0.1, 0.15) is 0 Å². The molecule has 29 heavy (non-hydrogen) atoms. The lowest BCUT2D eigenvalue weighted by molar-refractivity contribution is 0.165. The Bertz CT molecular complexity index is 301. The van der Waals surface area contributed by atoms with Gasteiger partial charge in [-0.15, -0.1) is 0 Å². The molecule has 0 saturated heterocycles. The van der Waals surface area contributed by atoms with Crippen molar-refractivity contribution >= 4 is 0 Å². The quantitative estimate of drug-likeness (QED) is 0.123. The second kappa shape index (κ2) is 20.9. The van der Waals surface area contributed by atoms with Crippen molar-refractivity contribution in [1.29, 1.82) is 0 Å². The molecule has 9 heteroatoms. The fourth-order valence-electron chi connectivity index (χ4n) is 3.36. The first-order valence-corrected chi connectivity index (χ1v) is 11.5. The Morgan fingerprint density at radius 2 is 0.966 bits per heavy atom. The second-order valence-electron chi connectivity index (χ2n) is 7.73. The van der Waals surface area contributed by atoms with Gasteiger partial charge >= 0.3 is 0 Å². The van der Waals surface area contributed by atoms with Crippen LogP contribution in [0, 0.1) is 0 Å². The van der Waals surface area contributed by atoms with E-state index in [9.17, 15) is 0 Å². The highest BCUT2D eigenvalue weighted by atomic mass is 15.2. The number of hydrogen-bond acceptors (Lipinski definition) is 9. The third-order valence-electron chi connectivity index (χ3n) is 5.13. The molecule has 0 aliphatic carbocycles. The maximum Gasteiger partial charge on any atom is 0.0110 e. The zero-order chi connectivity index (χ0) is 21.7. The molecule has 0 radical (unpaired) electrons. The average Bonchev–Trinajstić information content (AvgIpc) is 2.71. The van der Waals surface area contributed by atoms with Crippen LogP contribution in [0.15, 0.2) is 0 Å². The van der Waals surface area contributed by atoms with Gasteiger partial charge < -0.3 is 38.1 Å². The van der Waals surface area contributed by atoms with Crippen LogP contribution in [-0.2, 0) is 0 Å². The summed E-state index contributed by atoms with van der Waals surface area (Å²) in [5, 5.41) is 3.36. The van der Waals surface area contributed by atoms with E-state index in [0.717, 1.165) is 91.6 Å². The molecule has 0 unspecified atom stereocenters. The van der Waals surface area contributed by atoms with Crippen molar-refractivity contribution in [1.82, 2.24) is 24.9 Å². The standard InChI is InChI=1S/C20H51N9/c1-3-10-27(11-5-22)17-19-29(20-18-28(12-6-23)13-7-24)16-15-26(2)14-9-25-8-4-21/h25H,3-24H2,1-2H3. The van der Waals surface area contributed by atoms with Crippen LogP contribution in [0.2, 0.25) is 0 Å². The predicted molar refractivity (Wildman–Crippen MR) is 126 cm³/mol. The Hall–Kier alpha value is -0.360. The van der Waals surface area contributed by atoms with Gasteiger partial charge in [-0.3, -0.25) is 9.80 Å².